The lowest BCUT2D eigenvalue weighted by atomic mass is 9.94. The second-order valence-corrected chi connectivity index (χ2v) is 5.82. The second-order valence-electron chi connectivity index (χ2n) is 4.91. The molecule has 0 fully saturated rings. The van der Waals surface area contributed by atoms with Crippen LogP contribution in [0, 0.1) is 12.7 Å². The number of nitrogens with one attached hydrogen (secondary N) is 1. The van der Waals surface area contributed by atoms with Crippen LogP contribution in [-0.4, -0.2) is 7.05 Å². The molecule has 0 aliphatic rings. The molecule has 0 bridgehead atoms. The third-order valence-electron chi connectivity index (χ3n) is 3.66. The zero-order chi connectivity index (χ0) is 14.1. The minimum absolute atomic E-state index is 0.0156. The van der Waals surface area contributed by atoms with Crippen molar-refractivity contribution in [3.8, 4) is 0 Å². The zero-order valence-corrected chi connectivity index (χ0v) is 12.3. The maximum Gasteiger partial charge on any atom is 0.123 e. The topological polar surface area (TPSA) is 12.0 Å². The fourth-order valence-electron chi connectivity index (χ4n) is 2.62. The number of thiophene rings is 1. The summed E-state index contributed by atoms with van der Waals surface area (Å²) in [4.78, 5) is 0. The molecule has 0 radical (unpaired) electrons. The smallest absolute Gasteiger partial charge is 0.123 e. The lowest BCUT2D eigenvalue weighted by molar-refractivity contribution is 0.616. The van der Waals surface area contributed by atoms with Gasteiger partial charge < -0.3 is 5.32 Å². The van der Waals surface area contributed by atoms with E-state index in [2.05, 4.69) is 22.8 Å². The molecule has 1 nitrogen and oxygen atoms in total. The number of hydrogen-bond acceptors (Lipinski definition) is 2. The summed E-state index contributed by atoms with van der Waals surface area (Å²) < 4.78 is 14.8. The first-order chi connectivity index (χ1) is 9.70. The maximum atomic E-state index is 13.6. The number of fused-ring (bicyclic) bond motifs is 1. The van der Waals surface area contributed by atoms with Crippen molar-refractivity contribution >= 4 is 21.4 Å². The molecular formula is C17H16FNS. The molecule has 0 saturated carbocycles. The Balaban J connectivity index is 2.16. The highest BCUT2D eigenvalue weighted by molar-refractivity contribution is 7.17. The molecule has 2 aromatic carbocycles. The monoisotopic (exact) mass is 285 g/mol. The van der Waals surface area contributed by atoms with Gasteiger partial charge in [-0.15, -0.1) is 11.3 Å². The summed E-state index contributed by atoms with van der Waals surface area (Å²) in [5.74, 6) is -0.189. The van der Waals surface area contributed by atoms with Gasteiger partial charge in [0.05, 0.1) is 6.04 Å². The van der Waals surface area contributed by atoms with Crippen molar-refractivity contribution in [2.45, 2.75) is 13.0 Å². The second kappa shape index (κ2) is 5.35. The average molecular weight is 285 g/mol. The van der Waals surface area contributed by atoms with Crippen molar-refractivity contribution in [1.82, 2.24) is 5.32 Å². The van der Waals surface area contributed by atoms with Crippen LogP contribution in [0.25, 0.3) is 10.1 Å². The van der Waals surface area contributed by atoms with Crippen LogP contribution in [0.5, 0.6) is 0 Å². The van der Waals surface area contributed by atoms with Gasteiger partial charge in [-0.05, 0) is 59.6 Å². The molecular weight excluding hydrogens is 269 g/mol. The van der Waals surface area contributed by atoms with E-state index in [1.54, 1.807) is 17.4 Å². The Kier molecular flexibility index (Phi) is 3.55. The Morgan fingerprint density at radius 1 is 1.10 bits per heavy atom. The van der Waals surface area contributed by atoms with Crippen molar-refractivity contribution in [3.63, 3.8) is 0 Å². The summed E-state index contributed by atoms with van der Waals surface area (Å²) in [6.45, 7) is 2.02. The molecule has 3 heteroatoms. The van der Waals surface area contributed by atoms with Crippen LogP contribution in [0.15, 0.2) is 47.8 Å². The molecule has 0 aliphatic heterocycles. The van der Waals surface area contributed by atoms with Crippen LogP contribution < -0.4 is 5.32 Å². The van der Waals surface area contributed by atoms with E-state index in [0.717, 1.165) is 11.1 Å². The number of halogens is 1. The van der Waals surface area contributed by atoms with Gasteiger partial charge in [-0.2, -0.15) is 0 Å². The summed E-state index contributed by atoms with van der Waals surface area (Å²) in [5.41, 5.74) is 3.30. The van der Waals surface area contributed by atoms with Gasteiger partial charge in [0.15, 0.2) is 0 Å². The Labute approximate surface area is 122 Å². The molecule has 1 unspecified atom stereocenters. The Morgan fingerprint density at radius 2 is 1.90 bits per heavy atom. The Morgan fingerprint density at radius 3 is 2.70 bits per heavy atom. The summed E-state index contributed by atoms with van der Waals surface area (Å²) in [6.07, 6.45) is 0. The van der Waals surface area contributed by atoms with Gasteiger partial charge in [0.1, 0.15) is 5.82 Å². The first-order valence-corrected chi connectivity index (χ1v) is 7.48. The van der Waals surface area contributed by atoms with Crippen molar-refractivity contribution in [1.29, 1.82) is 0 Å². The normalized spacial score (nSPS) is 12.8. The predicted octanol–water partition coefficient (Wildman–Crippen LogP) is 4.66. The third kappa shape index (κ3) is 2.23. The highest BCUT2D eigenvalue weighted by atomic mass is 32.1. The van der Waals surface area contributed by atoms with Gasteiger partial charge in [-0.3, -0.25) is 0 Å². The Hall–Kier alpha value is -1.71. The largest absolute Gasteiger partial charge is 0.309 e. The number of benzene rings is 2. The van der Waals surface area contributed by atoms with Crippen LogP contribution in [0.1, 0.15) is 22.7 Å². The Bertz CT molecular complexity index is 748. The van der Waals surface area contributed by atoms with E-state index in [1.807, 2.05) is 32.2 Å². The standard InChI is InChI=1S/C17H16FNS/c1-11-7-8-12(18)9-14(11)17(19-2)15-10-20-16-6-4-3-5-13(15)16/h3-10,17,19H,1-2H3. The molecule has 0 spiro atoms. The molecule has 0 aliphatic carbocycles. The van der Waals surface area contributed by atoms with E-state index >= 15 is 0 Å². The fourth-order valence-corrected chi connectivity index (χ4v) is 3.61. The first-order valence-electron chi connectivity index (χ1n) is 6.60. The fraction of sp³-hybridized carbons (Fsp3) is 0.176. The van der Waals surface area contributed by atoms with Crippen LogP contribution >= 0.6 is 11.3 Å². The molecule has 1 N–H and O–H groups in total. The zero-order valence-electron chi connectivity index (χ0n) is 11.5. The SMILES string of the molecule is CNC(c1cc(F)ccc1C)c1csc2ccccc12. The van der Waals surface area contributed by atoms with Crippen molar-refractivity contribution < 1.29 is 4.39 Å². The van der Waals surface area contributed by atoms with Crippen LogP contribution in [-0.2, 0) is 0 Å². The lowest BCUT2D eigenvalue weighted by Crippen LogP contribution is -2.18. The molecule has 3 aromatic rings. The number of aryl methyl sites for hydroxylation is 1. The molecule has 0 amide bonds. The van der Waals surface area contributed by atoms with Crippen LogP contribution in [0.4, 0.5) is 4.39 Å². The van der Waals surface area contributed by atoms with E-state index in [4.69, 9.17) is 0 Å². The molecule has 3 rings (SSSR count). The quantitative estimate of drug-likeness (QED) is 0.738. The van der Waals surface area contributed by atoms with Crippen LogP contribution in [0.2, 0.25) is 0 Å². The molecule has 1 aromatic heterocycles. The predicted molar refractivity (Wildman–Crippen MR) is 83.9 cm³/mol. The molecule has 1 heterocycles. The number of hydrogen-bond donors (Lipinski definition) is 1. The molecule has 102 valence electrons. The van der Waals surface area contributed by atoms with Crippen molar-refractivity contribution in [2.75, 3.05) is 7.05 Å². The number of rotatable bonds is 3. The van der Waals surface area contributed by atoms with E-state index in [-0.39, 0.29) is 11.9 Å². The van der Waals surface area contributed by atoms with Crippen molar-refractivity contribution in [2.24, 2.45) is 0 Å². The lowest BCUT2D eigenvalue weighted by Gasteiger charge is -2.19. The third-order valence-corrected chi connectivity index (χ3v) is 4.64. The first kappa shape index (κ1) is 13.3. The van der Waals surface area contributed by atoms with E-state index in [1.165, 1.54) is 21.7 Å². The van der Waals surface area contributed by atoms with Crippen molar-refractivity contribution in [3.05, 3.63) is 70.4 Å². The summed E-state index contributed by atoms with van der Waals surface area (Å²) in [5, 5.41) is 6.72. The van der Waals surface area contributed by atoms with Gasteiger partial charge in [0.25, 0.3) is 0 Å². The molecule has 1 atom stereocenters. The van der Waals surface area contributed by atoms with Gasteiger partial charge in [0.2, 0.25) is 0 Å². The van der Waals surface area contributed by atoms with E-state index in [9.17, 15) is 4.39 Å². The van der Waals surface area contributed by atoms with E-state index in [0.29, 0.717) is 0 Å². The van der Waals surface area contributed by atoms with Gasteiger partial charge in [-0.25, -0.2) is 4.39 Å². The minimum atomic E-state index is -0.189. The highest BCUT2D eigenvalue weighted by Gasteiger charge is 2.18. The van der Waals surface area contributed by atoms with Gasteiger partial charge in [0, 0.05) is 4.70 Å². The van der Waals surface area contributed by atoms with E-state index < -0.39 is 0 Å². The molecule has 0 saturated heterocycles. The summed E-state index contributed by atoms with van der Waals surface area (Å²) >= 11 is 1.73. The highest BCUT2D eigenvalue weighted by Crippen LogP contribution is 2.34. The van der Waals surface area contributed by atoms with Crippen LogP contribution in [0.3, 0.4) is 0 Å². The summed E-state index contributed by atoms with van der Waals surface area (Å²) in [6, 6.07) is 13.3. The maximum absolute atomic E-state index is 13.6. The minimum Gasteiger partial charge on any atom is -0.309 e. The summed E-state index contributed by atoms with van der Waals surface area (Å²) in [7, 11) is 1.92. The van der Waals surface area contributed by atoms with Gasteiger partial charge in [-0.1, -0.05) is 24.3 Å². The van der Waals surface area contributed by atoms with Gasteiger partial charge >= 0.3 is 0 Å². The average Bonchev–Trinajstić information content (AvgIpc) is 2.88. The molecule has 20 heavy (non-hydrogen) atoms.